The maximum Gasteiger partial charge on any atom is 0.246 e. The Morgan fingerprint density at radius 3 is 2.89 bits per heavy atom. The molecule has 0 aromatic heterocycles. The zero-order valence-corrected chi connectivity index (χ0v) is 12.9. The summed E-state index contributed by atoms with van der Waals surface area (Å²) in [4.78, 5) is -0.287. The molecule has 106 valence electrons. The number of hydrogen-bond acceptors (Lipinski definition) is 3. The minimum Gasteiger partial charge on any atom is -0.377 e. The Hall–Kier alpha value is -0.500. The predicted octanol–water partition coefficient (Wildman–Crippen LogP) is 2.39. The quantitative estimate of drug-likeness (QED) is 0.821. The van der Waals surface area contributed by atoms with Crippen LogP contribution in [-0.2, 0) is 14.8 Å². The van der Waals surface area contributed by atoms with E-state index in [4.69, 9.17) is 4.74 Å². The van der Waals surface area contributed by atoms with Crippen LogP contribution in [0.5, 0.6) is 0 Å². The van der Waals surface area contributed by atoms with E-state index in [1.807, 2.05) is 6.92 Å². The number of rotatable bonds is 2. The van der Waals surface area contributed by atoms with Gasteiger partial charge in [0, 0.05) is 24.2 Å². The fraction of sp³-hybridized carbons (Fsp3) is 0.500. The molecule has 1 aromatic rings. The summed E-state index contributed by atoms with van der Waals surface area (Å²) in [7, 11) is -3.81. The molecular formula is C12H15BrFNO3S. The molecule has 2 rings (SSSR count). The number of nitrogens with zero attached hydrogens (tertiary/aromatic N) is 1. The van der Waals surface area contributed by atoms with E-state index in [0.717, 1.165) is 6.07 Å². The van der Waals surface area contributed by atoms with Crippen molar-refractivity contribution in [1.29, 1.82) is 0 Å². The van der Waals surface area contributed by atoms with Gasteiger partial charge in [-0.05, 0) is 31.5 Å². The number of sulfonamides is 1. The Morgan fingerprint density at radius 1 is 1.47 bits per heavy atom. The lowest BCUT2D eigenvalue weighted by Crippen LogP contribution is -2.36. The van der Waals surface area contributed by atoms with Crippen LogP contribution in [-0.4, -0.2) is 38.5 Å². The summed E-state index contributed by atoms with van der Waals surface area (Å²) in [5, 5.41) is 0. The van der Waals surface area contributed by atoms with Crippen LogP contribution >= 0.6 is 15.9 Å². The third-order valence-corrected chi connectivity index (χ3v) is 5.32. The lowest BCUT2D eigenvalue weighted by molar-refractivity contribution is 0.0752. The summed E-state index contributed by atoms with van der Waals surface area (Å²) >= 11 is 3.11. The van der Waals surface area contributed by atoms with Crippen molar-refractivity contribution in [2.75, 3.05) is 19.7 Å². The van der Waals surface area contributed by atoms with Crippen LogP contribution in [0.3, 0.4) is 0 Å². The van der Waals surface area contributed by atoms with Gasteiger partial charge in [0.25, 0.3) is 0 Å². The van der Waals surface area contributed by atoms with Gasteiger partial charge < -0.3 is 4.74 Å². The van der Waals surface area contributed by atoms with Crippen molar-refractivity contribution >= 4 is 26.0 Å². The molecule has 1 aromatic carbocycles. The molecule has 0 bridgehead atoms. The molecule has 0 aliphatic carbocycles. The van der Waals surface area contributed by atoms with Gasteiger partial charge in [0.05, 0.1) is 6.10 Å². The van der Waals surface area contributed by atoms with Gasteiger partial charge in [-0.15, -0.1) is 0 Å². The maximum atomic E-state index is 13.8. The molecule has 1 unspecified atom stereocenters. The largest absolute Gasteiger partial charge is 0.377 e. The second-order valence-electron chi connectivity index (χ2n) is 4.47. The molecule has 0 saturated carbocycles. The molecule has 0 radical (unpaired) electrons. The van der Waals surface area contributed by atoms with Crippen molar-refractivity contribution in [3.05, 3.63) is 28.5 Å². The molecule has 19 heavy (non-hydrogen) atoms. The Balaban J connectivity index is 2.35. The molecule has 7 heteroatoms. The molecule has 1 aliphatic heterocycles. The van der Waals surface area contributed by atoms with Crippen molar-refractivity contribution in [2.45, 2.75) is 24.3 Å². The summed E-state index contributed by atoms with van der Waals surface area (Å²) in [6.07, 6.45) is 0.428. The van der Waals surface area contributed by atoms with E-state index in [9.17, 15) is 12.8 Å². The first-order valence-electron chi connectivity index (χ1n) is 5.98. The topological polar surface area (TPSA) is 46.6 Å². The highest BCUT2D eigenvalue weighted by Gasteiger charge is 2.30. The van der Waals surface area contributed by atoms with Crippen LogP contribution in [0.1, 0.15) is 13.3 Å². The second kappa shape index (κ2) is 5.87. The summed E-state index contributed by atoms with van der Waals surface area (Å²) in [5.74, 6) is -0.743. The first-order valence-corrected chi connectivity index (χ1v) is 8.21. The molecule has 1 aliphatic rings. The Morgan fingerprint density at radius 2 is 2.21 bits per heavy atom. The Kier molecular flexibility index (Phi) is 4.60. The monoisotopic (exact) mass is 351 g/mol. The third kappa shape index (κ3) is 3.34. The normalized spacial score (nSPS) is 22.2. The van der Waals surface area contributed by atoms with E-state index < -0.39 is 15.8 Å². The minimum absolute atomic E-state index is 0.184. The lowest BCUT2D eigenvalue weighted by Gasteiger charge is -2.21. The third-order valence-electron chi connectivity index (χ3n) is 2.93. The van der Waals surface area contributed by atoms with Gasteiger partial charge in [0.1, 0.15) is 10.7 Å². The Labute approximate surface area is 120 Å². The Bertz CT molecular complexity index is 564. The first kappa shape index (κ1) is 14.9. The van der Waals surface area contributed by atoms with Gasteiger partial charge in [-0.2, -0.15) is 4.31 Å². The van der Waals surface area contributed by atoms with Crippen LogP contribution in [0.15, 0.2) is 27.6 Å². The highest BCUT2D eigenvalue weighted by molar-refractivity contribution is 9.10. The van der Waals surface area contributed by atoms with Gasteiger partial charge in [0.2, 0.25) is 10.0 Å². The highest BCUT2D eigenvalue weighted by atomic mass is 79.9. The van der Waals surface area contributed by atoms with Crippen molar-refractivity contribution < 1.29 is 17.5 Å². The first-order chi connectivity index (χ1) is 8.91. The maximum absolute atomic E-state index is 13.8. The molecular weight excluding hydrogens is 337 g/mol. The van der Waals surface area contributed by atoms with Crippen molar-refractivity contribution in [1.82, 2.24) is 4.31 Å². The summed E-state index contributed by atoms with van der Waals surface area (Å²) in [6.45, 7) is 2.93. The fourth-order valence-electron chi connectivity index (χ4n) is 2.00. The van der Waals surface area contributed by atoms with Crippen molar-refractivity contribution in [3.63, 3.8) is 0 Å². The molecule has 4 nitrogen and oxygen atoms in total. The molecule has 1 atom stereocenters. The minimum atomic E-state index is -3.81. The molecule has 0 amide bonds. The van der Waals surface area contributed by atoms with E-state index >= 15 is 0 Å². The molecule has 0 spiro atoms. The van der Waals surface area contributed by atoms with E-state index in [1.54, 1.807) is 0 Å². The van der Waals surface area contributed by atoms with Gasteiger partial charge >= 0.3 is 0 Å². The second-order valence-corrected chi connectivity index (χ2v) is 7.29. The van der Waals surface area contributed by atoms with Gasteiger partial charge in [-0.1, -0.05) is 15.9 Å². The van der Waals surface area contributed by atoms with E-state index in [2.05, 4.69) is 15.9 Å². The number of benzene rings is 1. The van der Waals surface area contributed by atoms with Gasteiger partial charge in [-0.25, -0.2) is 12.8 Å². The predicted molar refractivity (Wildman–Crippen MR) is 72.9 cm³/mol. The van der Waals surface area contributed by atoms with Crippen molar-refractivity contribution in [3.8, 4) is 0 Å². The van der Waals surface area contributed by atoms with Gasteiger partial charge in [0.15, 0.2) is 0 Å². The van der Waals surface area contributed by atoms with Crippen LogP contribution < -0.4 is 0 Å². The number of ether oxygens (including phenoxy) is 1. The fourth-order valence-corrected chi connectivity index (χ4v) is 3.93. The summed E-state index contributed by atoms with van der Waals surface area (Å²) in [6, 6.07) is 3.96. The average molecular weight is 352 g/mol. The standard InChI is InChI=1S/C12H15BrFNO3S/c1-9-8-15(5-2-6-18-9)19(16,17)12-4-3-10(13)7-11(12)14/h3-4,7,9H,2,5-6,8H2,1H3. The molecule has 0 N–H and O–H groups in total. The van der Waals surface area contributed by atoms with Gasteiger partial charge in [-0.3, -0.25) is 0 Å². The summed E-state index contributed by atoms with van der Waals surface area (Å²) < 4.78 is 45.9. The smallest absolute Gasteiger partial charge is 0.246 e. The number of halogens is 2. The zero-order chi connectivity index (χ0) is 14.0. The molecule has 1 saturated heterocycles. The van der Waals surface area contributed by atoms with E-state index in [1.165, 1.54) is 16.4 Å². The van der Waals surface area contributed by atoms with Crippen LogP contribution in [0.4, 0.5) is 4.39 Å². The van der Waals surface area contributed by atoms with Crippen LogP contribution in [0.25, 0.3) is 0 Å². The molecule has 1 fully saturated rings. The average Bonchev–Trinajstić information content (AvgIpc) is 2.53. The highest BCUT2D eigenvalue weighted by Crippen LogP contribution is 2.24. The van der Waals surface area contributed by atoms with Crippen molar-refractivity contribution in [2.24, 2.45) is 0 Å². The van der Waals surface area contributed by atoms with E-state index in [-0.39, 0.29) is 17.5 Å². The van der Waals surface area contributed by atoms with Crippen LogP contribution in [0.2, 0.25) is 0 Å². The number of hydrogen-bond donors (Lipinski definition) is 0. The SMILES string of the molecule is CC1CN(S(=O)(=O)c2ccc(Br)cc2F)CCCO1. The summed E-state index contributed by atoms with van der Waals surface area (Å²) in [5.41, 5.74) is 0. The van der Waals surface area contributed by atoms with E-state index in [0.29, 0.717) is 24.0 Å². The van der Waals surface area contributed by atoms with Crippen LogP contribution in [0, 0.1) is 5.82 Å². The molecule has 1 heterocycles. The lowest BCUT2D eigenvalue weighted by atomic mass is 10.3. The zero-order valence-electron chi connectivity index (χ0n) is 10.5.